The van der Waals surface area contributed by atoms with Crippen LogP contribution in [0.2, 0.25) is 0 Å². The Labute approximate surface area is 93.9 Å². The van der Waals surface area contributed by atoms with Gasteiger partial charge in [0.05, 0.1) is 0 Å². The monoisotopic (exact) mass is 223 g/mol. The number of rotatable bonds is 1. The highest BCUT2D eigenvalue weighted by Gasteiger charge is 2.44. The van der Waals surface area contributed by atoms with E-state index in [1.54, 1.807) is 6.07 Å². The summed E-state index contributed by atoms with van der Waals surface area (Å²) in [6.07, 6.45) is 3.24. The van der Waals surface area contributed by atoms with Gasteiger partial charge in [-0.25, -0.2) is 8.78 Å². The first-order valence-electron chi connectivity index (χ1n) is 5.84. The second-order valence-corrected chi connectivity index (χ2v) is 5.21. The fourth-order valence-electron chi connectivity index (χ4n) is 3.10. The molecule has 3 heteroatoms. The topological polar surface area (TPSA) is 12.0 Å². The van der Waals surface area contributed by atoms with Gasteiger partial charge in [0.15, 0.2) is 0 Å². The van der Waals surface area contributed by atoms with Crippen LogP contribution in [0.5, 0.6) is 0 Å². The summed E-state index contributed by atoms with van der Waals surface area (Å²) in [5.41, 5.74) is 1.11. The Bertz CT molecular complexity index is 412. The average Bonchev–Trinajstić information content (AvgIpc) is 2.62. The molecule has 1 N–H and O–H groups in total. The third-order valence-electron chi connectivity index (χ3n) is 4.10. The van der Waals surface area contributed by atoms with Crippen LogP contribution in [0, 0.1) is 17.0 Å². The summed E-state index contributed by atoms with van der Waals surface area (Å²) in [5.74, 6) is -0.587. The lowest BCUT2D eigenvalue weighted by Crippen LogP contribution is -2.51. The van der Waals surface area contributed by atoms with E-state index in [9.17, 15) is 8.78 Å². The number of hydrogen-bond donors (Lipinski definition) is 1. The van der Waals surface area contributed by atoms with E-state index in [0.29, 0.717) is 11.0 Å². The molecule has 0 amide bonds. The molecule has 1 atom stereocenters. The minimum Gasteiger partial charge on any atom is -0.316 e. The molecular formula is C13H15F2N. The van der Waals surface area contributed by atoms with E-state index >= 15 is 0 Å². The fourth-order valence-corrected chi connectivity index (χ4v) is 3.10. The van der Waals surface area contributed by atoms with Crippen LogP contribution in [-0.4, -0.2) is 13.1 Å². The normalized spacial score (nSPS) is 27.0. The summed E-state index contributed by atoms with van der Waals surface area (Å²) >= 11 is 0. The third kappa shape index (κ3) is 1.54. The summed E-state index contributed by atoms with van der Waals surface area (Å²) in [5, 5.41) is 3.29. The van der Waals surface area contributed by atoms with E-state index < -0.39 is 5.82 Å². The van der Waals surface area contributed by atoms with Gasteiger partial charge >= 0.3 is 0 Å². The lowest BCUT2D eigenvalue weighted by molar-refractivity contribution is 0.175. The molecule has 0 radical (unpaired) electrons. The van der Waals surface area contributed by atoms with Crippen LogP contribution in [0.15, 0.2) is 18.2 Å². The zero-order valence-corrected chi connectivity index (χ0v) is 9.10. The summed E-state index contributed by atoms with van der Waals surface area (Å²) in [6, 6.07) is 3.97. The molecule has 1 unspecified atom stereocenters. The van der Waals surface area contributed by atoms with Crippen molar-refractivity contribution in [3.05, 3.63) is 35.4 Å². The largest absolute Gasteiger partial charge is 0.316 e. The summed E-state index contributed by atoms with van der Waals surface area (Å²) in [6.45, 7) is 2.12. The molecular weight excluding hydrogens is 208 g/mol. The molecule has 16 heavy (non-hydrogen) atoms. The SMILES string of the molecule is Fc1ccc(C2CCC3(CNC3)C2)c(F)c1. The van der Waals surface area contributed by atoms with Crippen molar-refractivity contribution in [1.29, 1.82) is 0 Å². The van der Waals surface area contributed by atoms with Crippen LogP contribution in [0.3, 0.4) is 0 Å². The second-order valence-electron chi connectivity index (χ2n) is 5.21. The van der Waals surface area contributed by atoms with Crippen LogP contribution >= 0.6 is 0 Å². The van der Waals surface area contributed by atoms with Gasteiger partial charge in [0.25, 0.3) is 0 Å². The van der Waals surface area contributed by atoms with Crippen LogP contribution < -0.4 is 5.32 Å². The molecule has 1 aromatic rings. The number of nitrogens with one attached hydrogen (secondary N) is 1. The summed E-state index contributed by atoms with van der Waals surface area (Å²) in [7, 11) is 0. The van der Waals surface area contributed by atoms with Gasteiger partial charge in [-0.2, -0.15) is 0 Å². The first-order chi connectivity index (χ1) is 7.69. The Kier molecular flexibility index (Phi) is 2.25. The van der Waals surface area contributed by atoms with Crippen molar-refractivity contribution in [2.45, 2.75) is 25.2 Å². The fraction of sp³-hybridized carbons (Fsp3) is 0.538. The highest BCUT2D eigenvalue weighted by Crippen LogP contribution is 2.49. The van der Waals surface area contributed by atoms with Gasteiger partial charge in [0.2, 0.25) is 0 Å². The Morgan fingerprint density at radius 1 is 1.25 bits per heavy atom. The van der Waals surface area contributed by atoms with Gasteiger partial charge < -0.3 is 5.32 Å². The predicted molar refractivity (Wildman–Crippen MR) is 58.3 cm³/mol. The number of halogens is 2. The Morgan fingerprint density at radius 3 is 2.62 bits per heavy atom. The van der Waals surface area contributed by atoms with Crippen molar-refractivity contribution in [3.63, 3.8) is 0 Å². The van der Waals surface area contributed by atoms with Gasteiger partial charge in [-0.05, 0) is 42.2 Å². The molecule has 2 fully saturated rings. The quantitative estimate of drug-likeness (QED) is 0.772. The van der Waals surface area contributed by atoms with Crippen LogP contribution in [0.25, 0.3) is 0 Å². The summed E-state index contributed by atoms with van der Waals surface area (Å²) < 4.78 is 26.4. The molecule has 1 saturated carbocycles. The molecule has 2 aliphatic rings. The Morgan fingerprint density at radius 2 is 2.06 bits per heavy atom. The van der Waals surface area contributed by atoms with Gasteiger partial charge in [-0.15, -0.1) is 0 Å². The van der Waals surface area contributed by atoms with Gasteiger partial charge in [-0.1, -0.05) is 6.07 Å². The van der Waals surface area contributed by atoms with E-state index in [0.717, 1.165) is 32.0 Å². The number of benzene rings is 1. The average molecular weight is 223 g/mol. The van der Waals surface area contributed by atoms with E-state index in [4.69, 9.17) is 0 Å². The second kappa shape index (κ2) is 3.52. The standard InChI is InChI=1S/C13H15F2N/c14-10-1-2-11(12(15)5-10)9-3-4-13(6-9)7-16-8-13/h1-2,5,9,16H,3-4,6-8H2. The van der Waals surface area contributed by atoms with E-state index in [-0.39, 0.29) is 11.7 Å². The molecule has 1 nitrogen and oxygen atoms in total. The van der Waals surface area contributed by atoms with Crippen molar-refractivity contribution in [2.24, 2.45) is 5.41 Å². The van der Waals surface area contributed by atoms with E-state index in [1.807, 2.05) is 0 Å². The van der Waals surface area contributed by atoms with Crippen molar-refractivity contribution in [1.82, 2.24) is 5.32 Å². The van der Waals surface area contributed by atoms with Gasteiger partial charge in [-0.3, -0.25) is 0 Å². The predicted octanol–water partition coefficient (Wildman–Crippen LogP) is 2.82. The molecule has 3 rings (SSSR count). The first kappa shape index (κ1) is 10.2. The van der Waals surface area contributed by atoms with Crippen molar-refractivity contribution in [3.8, 4) is 0 Å². The van der Waals surface area contributed by atoms with Crippen molar-refractivity contribution in [2.75, 3.05) is 13.1 Å². The van der Waals surface area contributed by atoms with Gasteiger partial charge in [0, 0.05) is 19.2 Å². The molecule has 86 valence electrons. The highest BCUT2D eigenvalue weighted by atomic mass is 19.1. The lowest BCUT2D eigenvalue weighted by atomic mass is 9.79. The van der Waals surface area contributed by atoms with E-state index in [1.165, 1.54) is 12.5 Å². The molecule has 1 spiro atoms. The van der Waals surface area contributed by atoms with Gasteiger partial charge in [0.1, 0.15) is 11.6 Å². The highest BCUT2D eigenvalue weighted by molar-refractivity contribution is 5.25. The van der Waals surface area contributed by atoms with Crippen LogP contribution in [0.1, 0.15) is 30.7 Å². The van der Waals surface area contributed by atoms with Crippen molar-refractivity contribution >= 4 is 0 Å². The number of hydrogen-bond acceptors (Lipinski definition) is 1. The molecule has 1 aliphatic carbocycles. The summed E-state index contributed by atoms with van der Waals surface area (Å²) in [4.78, 5) is 0. The maximum absolute atomic E-state index is 13.6. The minimum absolute atomic E-state index is 0.280. The molecule has 0 aromatic heterocycles. The molecule has 1 saturated heterocycles. The first-order valence-corrected chi connectivity index (χ1v) is 5.84. The van der Waals surface area contributed by atoms with Crippen LogP contribution in [-0.2, 0) is 0 Å². The maximum Gasteiger partial charge on any atom is 0.129 e. The van der Waals surface area contributed by atoms with Crippen molar-refractivity contribution < 1.29 is 8.78 Å². The smallest absolute Gasteiger partial charge is 0.129 e. The zero-order valence-electron chi connectivity index (χ0n) is 9.10. The Balaban J connectivity index is 1.83. The van der Waals surface area contributed by atoms with E-state index in [2.05, 4.69) is 5.32 Å². The lowest BCUT2D eigenvalue weighted by Gasteiger charge is -2.39. The molecule has 0 bridgehead atoms. The molecule has 1 aliphatic heterocycles. The molecule has 1 aromatic carbocycles. The Hall–Kier alpha value is -0.960. The minimum atomic E-state index is -0.487. The maximum atomic E-state index is 13.6. The zero-order chi connectivity index (χ0) is 11.2. The molecule has 1 heterocycles. The third-order valence-corrected chi connectivity index (χ3v) is 4.10. The van der Waals surface area contributed by atoms with Crippen LogP contribution in [0.4, 0.5) is 8.78 Å².